The number of hydrogen-bond acceptors (Lipinski definition) is 3. The Morgan fingerprint density at radius 3 is 2.06 bits per heavy atom. The van der Waals surface area contributed by atoms with E-state index >= 15 is 0 Å². The van der Waals surface area contributed by atoms with Crippen LogP contribution in [0.5, 0.6) is 0 Å². The molecule has 1 saturated heterocycles. The van der Waals surface area contributed by atoms with Gasteiger partial charge in [-0.1, -0.05) is 0 Å². The van der Waals surface area contributed by atoms with E-state index in [0.717, 1.165) is 5.69 Å². The van der Waals surface area contributed by atoms with Crippen molar-refractivity contribution in [3.8, 4) is 0 Å². The summed E-state index contributed by atoms with van der Waals surface area (Å²) in [4.78, 5) is 25.5. The van der Waals surface area contributed by atoms with Crippen molar-refractivity contribution >= 4 is 17.6 Å². The maximum absolute atomic E-state index is 11.2. The van der Waals surface area contributed by atoms with Gasteiger partial charge in [0, 0.05) is 37.4 Å². The summed E-state index contributed by atoms with van der Waals surface area (Å²) in [5.41, 5.74) is 1.73. The number of amides is 1. The van der Waals surface area contributed by atoms with Crippen molar-refractivity contribution in [3.63, 3.8) is 0 Å². The van der Waals surface area contributed by atoms with Crippen LogP contribution in [0.3, 0.4) is 0 Å². The van der Waals surface area contributed by atoms with E-state index in [1.165, 1.54) is 4.90 Å². The number of anilines is 1. The number of ketones is 1. The summed E-state index contributed by atoms with van der Waals surface area (Å²) in [6, 6.07) is 7.43. The van der Waals surface area contributed by atoms with Gasteiger partial charge in [0.1, 0.15) is 0 Å². The molecule has 2 rings (SSSR count). The number of hydrogen-bond donors (Lipinski definition) is 1. The van der Waals surface area contributed by atoms with Crippen LogP contribution in [0.2, 0.25) is 0 Å². The molecule has 1 aliphatic heterocycles. The number of carboxylic acid groups (broad SMARTS) is 1. The molecule has 5 heteroatoms. The zero-order valence-electron chi connectivity index (χ0n) is 10.3. The van der Waals surface area contributed by atoms with E-state index < -0.39 is 6.09 Å². The molecule has 1 heterocycles. The van der Waals surface area contributed by atoms with E-state index in [1.807, 2.05) is 12.1 Å². The number of carbonyl (C=O) groups excluding carboxylic acids is 1. The molecule has 0 unspecified atom stereocenters. The smallest absolute Gasteiger partial charge is 0.407 e. The predicted molar refractivity (Wildman–Crippen MR) is 68.3 cm³/mol. The zero-order valence-corrected chi connectivity index (χ0v) is 10.3. The van der Waals surface area contributed by atoms with Crippen molar-refractivity contribution in [2.45, 2.75) is 6.92 Å². The van der Waals surface area contributed by atoms with Crippen LogP contribution in [-0.4, -0.2) is 48.1 Å². The Bertz CT molecular complexity index is 448. The summed E-state index contributed by atoms with van der Waals surface area (Å²) < 4.78 is 0. The molecular formula is C13H16N2O3. The molecule has 1 aromatic carbocycles. The Morgan fingerprint density at radius 2 is 1.61 bits per heavy atom. The molecule has 1 N–H and O–H groups in total. The minimum Gasteiger partial charge on any atom is -0.465 e. The van der Waals surface area contributed by atoms with Gasteiger partial charge in [0.05, 0.1) is 0 Å². The first kappa shape index (κ1) is 12.4. The Balaban J connectivity index is 2.01. The molecule has 5 nitrogen and oxygen atoms in total. The molecule has 1 amide bonds. The third kappa shape index (κ3) is 2.61. The lowest BCUT2D eigenvalue weighted by atomic mass is 10.1. The highest BCUT2D eigenvalue weighted by atomic mass is 16.4. The van der Waals surface area contributed by atoms with Gasteiger partial charge in [-0.3, -0.25) is 4.79 Å². The maximum atomic E-state index is 11.2. The van der Waals surface area contributed by atoms with Crippen molar-refractivity contribution < 1.29 is 14.7 Å². The maximum Gasteiger partial charge on any atom is 0.407 e. The van der Waals surface area contributed by atoms with Crippen LogP contribution in [0.25, 0.3) is 0 Å². The molecule has 18 heavy (non-hydrogen) atoms. The minimum atomic E-state index is -0.860. The van der Waals surface area contributed by atoms with Gasteiger partial charge >= 0.3 is 6.09 Å². The highest BCUT2D eigenvalue weighted by Gasteiger charge is 2.20. The van der Waals surface area contributed by atoms with Gasteiger partial charge in [-0.05, 0) is 31.2 Å². The number of nitrogens with zero attached hydrogens (tertiary/aromatic N) is 2. The van der Waals surface area contributed by atoms with E-state index in [2.05, 4.69) is 4.90 Å². The van der Waals surface area contributed by atoms with Gasteiger partial charge in [-0.15, -0.1) is 0 Å². The number of benzene rings is 1. The van der Waals surface area contributed by atoms with Crippen molar-refractivity contribution in [2.24, 2.45) is 0 Å². The van der Waals surface area contributed by atoms with Crippen LogP contribution in [-0.2, 0) is 0 Å². The van der Waals surface area contributed by atoms with Crippen molar-refractivity contribution in [1.82, 2.24) is 4.90 Å². The Kier molecular flexibility index (Phi) is 3.50. The highest BCUT2D eigenvalue weighted by Crippen LogP contribution is 2.17. The van der Waals surface area contributed by atoms with Gasteiger partial charge < -0.3 is 14.9 Å². The average molecular weight is 248 g/mol. The second-order valence-corrected chi connectivity index (χ2v) is 4.36. The van der Waals surface area contributed by atoms with Crippen molar-refractivity contribution in [2.75, 3.05) is 31.1 Å². The molecule has 96 valence electrons. The first-order valence-electron chi connectivity index (χ1n) is 5.92. The predicted octanol–water partition coefficient (Wildman–Crippen LogP) is 1.69. The summed E-state index contributed by atoms with van der Waals surface area (Å²) in [5, 5.41) is 8.86. The van der Waals surface area contributed by atoms with E-state index in [4.69, 9.17) is 5.11 Å². The number of piperazine rings is 1. The second-order valence-electron chi connectivity index (χ2n) is 4.36. The fourth-order valence-electron chi connectivity index (χ4n) is 2.06. The molecule has 0 spiro atoms. The van der Waals surface area contributed by atoms with E-state index in [9.17, 15) is 9.59 Å². The second kappa shape index (κ2) is 5.08. The topological polar surface area (TPSA) is 60.9 Å². The molecule has 1 aromatic rings. The SMILES string of the molecule is CC(=O)c1ccc(N2CCN(C(=O)O)CC2)cc1. The van der Waals surface area contributed by atoms with Crippen molar-refractivity contribution in [3.05, 3.63) is 29.8 Å². The van der Waals surface area contributed by atoms with E-state index in [-0.39, 0.29) is 5.78 Å². The fourth-order valence-corrected chi connectivity index (χ4v) is 2.06. The van der Waals surface area contributed by atoms with Crippen LogP contribution in [0.4, 0.5) is 10.5 Å². The molecule has 0 radical (unpaired) electrons. The first-order valence-corrected chi connectivity index (χ1v) is 5.92. The quantitative estimate of drug-likeness (QED) is 0.809. The highest BCUT2D eigenvalue weighted by molar-refractivity contribution is 5.94. The van der Waals surface area contributed by atoms with Gasteiger partial charge in [0.15, 0.2) is 5.78 Å². The molecule has 0 bridgehead atoms. The average Bonchev–Trinajstić information content (AvgIpc) is 2.39. The van der Waals surface area contributed by atoms with Crippen molar-refractivity contribution in [1.29, 1.82) is 0 Å². The summed E-state index contributed by atoms with van der Waals surface area (Å²) in [6.07, 6.45) is -0.860. The van der Waals surface area contributed by atoms with Crippen LogP contribution in [0.15, 0.2) is 24.3 Å². The molecule has 1 fully saturated rings. The Morgan fingerprint density at radius 1 is 1.06 bits per heavy atom. The standard InChI is InChI=1S/C13H16N2O3/c1-10(16)11-2-4-12(5-3-11)14-6-8-15(9-7-14)13(17)18/h2-5H,6-9H2,1H3,(H,17,18). The third-order valence-corrected chi connectivity index (χ3v) is 3.19. The van der Waals surface area contributed by atoms with Gasteiger partial charge in [-0.2, -0.15) is 0 Å². The summed E-state index contributed by atoms with van der Waals surface area (Å²) in [7, 11) is 0. The first-order chi connectivity index (χ1) is 8.58. The van der Waals surface area contributed by atoms with E-state index in [1.54, 1.807) is 19.1 Å². The zero-order chi connectivity index (χ0) is 13.1. The van der Waals surface area contributed by atoms with Crippen LogP contribution < -0.4 is 4.90 Å². The lowest BCUT2D eigenvalue weighted by Crippen LogP contribution is -2.48. The number of carbonyl (C=O) groups is 2. The Labute approximate surface area is 106 Å². The molecule has 0 atom stereocenters. The lowest BCUT2D eigenvalue weighted by molar-refractivity contribution is 0.101. The normalized spacial score (nSPS) is 15.6. The minimum absolute atomic E-state index is 0.0530. The van der Waals surface area contributed by atoms with Crippen LogP contribution in [0, 0.1) is 0 Å². The van der Waals surface area contributed by atoms with Crippen LogP contribution in [0.1, 0.15) is 17.3 Å². The fraction of sp³-hybridized carbons (Fsp3) is 0.385. The molecule has 0 saturated carbocycles. The molecule has 0 aliphatic carbocycles. The molecule has 0 aromatic heterocycles. The largest absolute Gasteiger partial charge is 0.465 e. The number of rotatable bonds is 2. The third-order valence-electron chi connectivity index (χ3n) is 3.19. The monoisotopic (exact) mass is 248 g/mol. The lowest BCUT2D eigenvalue weighted by Gasteiger charge is -2.34. The van der Waals surface area contributed by atoms with Gasteiger partial charge in [0.25, 0.3) is 0 Å². The van der Waals surface area contributed by atoms with Crippen LogP contribution >= 0.6 is 0 Å². The number of Topliss-reactive ketones (excluding diaryl/α,β-unsaturated/α-hetero) is 1. The van der Waals surface area contributed by atoms with Gasteiger partial charge in [0.2, 0.25) is 0 Å². The summed E-state index contributed by atoms with van der Waals surface area (Å²) in [5.74, 6) is 0.0530. The molecular weight excluding hydrogens is 232 g/mol. The molecule has 1 aliphatic rings. The Hall–Kier alpha value is -2.04. The van der Waals surface area contributed by atoms with Gasteiger partial charge in [-0.25, -0.2) is 4.79 Å². The summed E-state index contributed by atoms with van der Waals surface area (Å²) in [6.45, 7) is 3.95. The summed E-state index contributed by atoms with van der Waals surface area (Å²) >= 11 is 0. The van der Waals surface area contributed by atoms with E-state index in [0.29, 0.717) is 31.7 Å².